The van der Waals surface area contributed by atoms with E-state index >= 15 is 0 Å². The maximum atomic E-state index is 13.7. The molecule has 6 heteroatoms. The van der Waals surface area contributed by atoms with Gasteiger partial charge in [0.25, 0.3) is 0 Å². The molecule has 0 saturated carbocycles. The molecule has 0 aliphatic rings. The van der Waals surface area contributed by atoms with Gasteiger partial charge >= 0.3 is 5.97 Å². The number of carboxylic acids is 1. The Morgan fingerprint density at radius 3 is 2.48 bits per heavy atom. The van der Waals surface area contributed by atoms with Crippen LogP contribution in [0.2, 0.25) is 0 Å². The van der Waals surface area contributed by atoms with E-state index in [1.807, 2.05) is 42.5 Å². The molecule has 0 amide bonds. The van der Waals surface area contributed by atoms with Crippen LogP contribution in [0.25, 0.3) is 5.57 Å². The molecule has 0 aliphatic carbocycles. The molecule has 3 rings (SSSR count). The highest BCUT2D eigenvalue weighted by Crippen LogP contribution is 2.32. The molecule has 0 aromatic heterocycles. The highest BCUT2D eigenvalue weighted by Gasteiger charge is 2.08. The molecule has 0 fully saturated rings. The number of hydrogen-bond acceptors (Lipinski definition) is 3. The van der Waals surface area contributed by atoms with Gasteiger partial charge in [-0.05, 0) is 63.0 Å². The van der Waals surface area contributed by atoms with Crippen molar-refractivity contribution < 1.29 is 19.0 Å². The summed E-state index contributed by atoms with van der Waals surface area (Å²) in [6.45, 7) is -0.379. The van der Waals surface area contributed by atoms with Gasteiger partial charge in [-0.1, -0.05) is 48.5 Å². The molecule has 3 nitrogen and oxygen atoms in total. The first-order valence-corrected chi connectivity index (χ1v) is 10.6. The number of carboxylic acid groups (broad SMARTS) is 1. The fourth-order valence-electron chi connectivity index (χ4n) is 2.72. The van der Waals surface area contributed by atoms with Gasteiger partial charge in [-0.3, -0.25) is 0 Å². The maximum Gasteiger partial charge on any atom is 0.341 e. The van der Waals surface area contributed by atoms with Crippen LogP contribution in [-0.4, -0.2) is 23.4 Å². The van der Waals surface area contributed by atoms with Crippen LogP contribution in [0.3, 0.4) is 0 Å². The van der Waals surface area contributed by atoms with Crippen molar-refractivity contribution in [3.05, 3.63) is 100 Å². The maximum absolute atomic E-state index is 13.7. The third-order valence-corrected chi connectivity index (χ3v) is 5.93. The van der Waals surface area contributed by atoms with Gasteiger partial charge in [0.2, 0.25) is 0 Å². The molecule has 0 atom stereocenters. The van der Waals surface area contributed by atoms with Gasteiger partial charge in [-0.2, -0.15) is 0 Å². The summed E-state index contributed by atoms with van der Waals surface area (Å²) in [6, 6.07) is 21.8. The zero-order valence-corrected chi connectivity index (χ0v) is 17.8. The largest absolute Gasteiger partial charge is 0.482 e. The van der Waals surface area contributed by atoms with Crippen LogP contribution < -0.4 is 4.74 Å². The van der Waals surface area contributed by atoms with E-state index in [1.165, 1.54) is 12.1 Å². The second-order valence-electron chi connectivity index (χ2n) is 6.08. The predicted molar refractivity (Wildman–Crippen MR) is 118 cm³/mol. The van der Waals surface area contributed by atoms with Crippen molar-refractivity contribution >= 4 is 39.2 Å². The van der Waals surface area contributed by atoms with E-state index in [-0.39, 0.29) is 12.4 Å². The molecular formula is C23H18BrFO3S. The summed E-state index contributed by atoms with van der Waals surface area (Å²) in [5.41, 5.74) is 2.82. The van der Waals surface area contributed by atoms with Crippen molar-refractivity contribution in [3.63, 3.8) is 0 Å². The molecule has 0 radical (unpaired) electrons. The highest BCUT2D eigenvalue weighted by molar-refractivity contribution is 9.10. The second-order valence-corrected chi connectivity index (χ2v) is 8.00. The Morgan fingerprint density at radius 2 is 1.79 bits per heavy atom. The van der Waals surface area contributed by atoms with Gasteiger partial charge in [0.15, 0.2) is 6.61 Å². The zero-order valence-electron chi connectivity index (χ0n) is 15.3. The van der Waals surface area contributed by atoms with E-state index in [9.17, 15) is 9.18 Å². The minimum absolute atomic E-state index is 0.267. The third kappa shape index (κ3) is 6.21. The van der Waals surface area contributed by atoms with E-state index in [0.717, 1.165) is 26.1 Å². The minimum atomic E-state index is -1.02. The Bertz CT molecular complexity index is 1020. The normalized spacial score (nSPS) is 11.3. The zero-order chi connectivity index (χ0) is 20.6. The van der Waals surface area contributed by atoms with Crippen molar-refractivity contribution in [3.8, 4) is 5.75 Å². The Labute approximate surface area is 181 Å². The number of thioether (sulfide) groups is 1. The molecule has 3 aromatic rings. The van der Waals surface area contributed by atoms with Crippen molar-refractivity contribution in [2.24, 2.45) is 0 Å². The molecule has 0 saturated heterocycles. The van der Waals surface area contributed by atoms with Crippen molar-refractivity contribution in [2.75, 3.05) is 12.4 Å². The smallest absolute Gasteiger partial charge is 0.341 e. The number of hydrogen-bond donors (Lipinski definition) is 1. The molecule has 0 unspecified atom stereocenters. The lowest BCUT2D eigenvalue weighted by molar-refractivity contribution is -0.139. The summed E-state index contributed by atoms with van der Waals surface area (Å²) in [7, 11) is 0. The topological polar surface area (TPSA) is 46.5 Å². The minimum Gasteiger partial charge on any atom is -0.482 e. The lowest BCUT2D eigenvalue weighted by atomic mass is 9.98. The van der Waals surface area contributed by atoms with Gasteiger partial charge in [-0.25, -0.2) is 9.18 Å². The van der Waals surface area contributed by atoms with Crippen molar-refractivity contribution in [2.45, 2.75) is 4.90 Å². The molecule has 0 bridgehead atoms. The third-order valence-electron chi connectivity index (χ3n) is 4.01. The monoisotopic (exact) mass is 472 g/mol. The first-order valence-electron chi connectivity index (χ1n) is 8.81. The van der Waals surface area contributed by atoms with Crippen LogP contribution in [0, 0.1) is 5.82 Å². The summed E-state index contributed by atoms with van der Waals surface area (Å²) in [5.74, 6) is -0.120. The van der Waals surface area contributed by atoms with E-state index in [0.29, 0.717) is 11.5 Å². The molecule has 0 heterocycles. The Kier molecular flexibility index (Phi) is 7.49. The van der Waals surface area contributed by atoms with Crippen LogP contribution in [0.5, 0.6) is 5.75 Å². The Morgan fingerprint density at radius 1 is 1.03 bits per heavy atom. The second kappa shape index (κ2) is 10.3. The van der Waals surface area contributed by atoms with Crippen molar-refractivity contribution in [1.82, 2.24) is 0 Å². The molecular weight excluding hydrogens is 455 g/mol. The molecule has 0 spiro atoms. The average molecular weight is 473 g/mol. The summed E-state index contributed by atoms with van der Waals surface area (Å²) in [6.07, 6.45) is 2.08. The van der Waals surface area contributed by atoms with Gasteiger partial charge < -0.3 is 9.84 Å². The van der Waals surface area contributed by atoms with E-state index in [4.69, 9.17) is 9.84 Å². The molecule has 1 N–H and O–H groups in total. The number of carbonyl (C=O) groups is 1. The summed E-state index contributed by atoms with van der Waals surface area (Å²) >= 11 is 5.12. The SMILES string of the molecule is O=C(O)COc1ccc(SC/C=C(/c2ccccc2)c2cccc(F)c2)c(Br)c1. The lowest BCUT2D eigenvalue weighted by Crippen LogP contribution is -2.09. The van der Waals surface area contributed by atoms with E-state index in [1.54, 1.807) is 30.0 Å². The van der Waals surface area contributed by atoms with Gasteiger partial charge in [-0.15, -0.1) is 11.8 Å². The highest BCUT2D eigenvalue weighted by atomic mass is 79.9. The summed E-state index contributed by atoms with van der Waals surface area (Å²) in [5, 5.41) is 8.70. The van der Waals surface area contributed by atoms with Gasteiger partial charge in [0.1, 0.15) is 11.6 Å². The van der Waals surface area contributed by atoms with Crippen LogP contribution in [-0.2, 0) is 4.79 Å². The van der Waals surface area contributed by atoms with Crippen LogP contribution in [0.1, 0.15) is 11.1 Å². The fourth-order valence-corrected chi connectivity index (χ4v) is 4.22. The number of ether oxygens (including phenoxy) is 1. The van der Waals surface area contributed by atoms with Gasteiger partial charge in [0, 0.05) is 15.1 Å². The molecule has 29 heavy (non-hydrogen) atoms. The lowest BCUT2D eigenvalue weighted by Gasteiger charge is -2.10. The summed E-state index contributed by atoms with van der Waals surface area (Å²) < 4.78 is 19.8. The first kappa shape index (κ1) is 21.1. The molecule has 148 valence electrons. The number of halogens is 2. The predicted octanol–water partition coefficient (Wildman–Crippen LogP) is 6.28. The average Bonchev–Trinajstić information content (AvgIpc) is 2.71. The summed E-state index contributed by atoms with van der Waals surface area (Å²) in [4.78, 5) is 11.6. The Balaban J connectivity index is 1.77. The molecule has 0 aliphatic heterocycles. The van der Waals surface area contributed by atoms with Crippen LogP contribution in [0.4, 0.5) is 4.39 Å². The number of rotatable bonds is 8. The van der Waals surface area contributed by atoms with Gasteiger partial charge in [0.05, 0.1) is 0 Å². The van der Waals surface area contributed by atoms with Crippen LogP contribution in [0.15, 0.2) is 88.2 Å². The number of benzene rings is 3. The Hall–Kier alpha value is -2.57. The quantitative estimate of drug-likeness (QED) is 0.392. The van der Waals surface area contributed by atoms with E-state index < -0.39 is 5.97 Å². The first-order chi connectivity index (χ1) is 14.0. The van der Waals surface area contributed by atoms with Crippen molar-refractivity contribution in [1.29, 1.82) is 0 Å². The standard InChI is InChI=1S/C23H18BrFO3S/c24-21-14-19(28-15-23(26)27)9-10-22(21)29-12-11-20(16-5-2-1-3-6-16)17-7-4-8-18(25)13-17/h1-11,13-14H,12,15H2,(H,26,27)/b20-11-. The van der Waals surface area contributed by atoms with Crippen LogP contribution >= 0.6 is 27.7 Å². The molecule has 3 aromatic carbocycles. The number of aliphatic carboxylic acids is 1. The fraction of sp³-hybridized carbons (Fsp3) is 0.0870. The van der Waals surface area contributed by atoms with E-state index in [2.05, 4.69) is 22.0 Å².